The number of rotatable bonds is 4. The molecule has 2 aromatic rings. The van der Waals surface area contributed by atoms with Crippen LogP contribution in [0.1, 0.15) is 31.4 Å². The normalized spacial score (nSPS) is 19.8. The Morgan fingerprint density at radius 3 is 2.32 bits per heavy atom. The van der Waals surface area contributed by atoms with E-state index in [0.29, 0.717) is 29.1 Å². The molecule has 2 aliphatic heterocycles. The highest BCUT2D eigenvalue weighted by Gasteiger charge is 2.47. The van der Waals surface area contributed by atoms with Crippen molar-refractivity contribution >= 4 is 29.1 Å². The number of urea groups is 1. The number of ether oxygens (including phenoxy) is 2. The van der Waals surface area contributed by atoms with Crippen molar-refractivity contribution in [3.05, 3.63) is 35.0 Å². The Hall–Kier alpha value is -3.43. The summed E-state index contributed by atoms with van der Waals surface area (Å²) in [6.45, 7) is 3.52. The molecule has 1 atom stereocenters. The van der Waals surface area contributed by atoms with Crippen LogP contribution in [0.5, 0.6) is 11.5 Å². The zero-order valence-electron chi connectivity index (χ0n) is 17.8. The number of nitrogens with one attached hydrogen (secondary N) is 1. The number of fused-ring (bicyclic) bond motifs is 3. The van der Waals surface area contributed by atoms with Crippen LogP contribution in [0, 0.1) is 11.6 Å². The smallest absolute Gasteiger partial charge is 0.329 e. The van der Waals surface area contributed by atoms with E-state index in [1.807, 2.05) is 6.92 Å². The number of aromatic nitrogens is 1. The Labute approximate surface area is 177 Å². The fourth-order valence-electron chi connectivity index (χ4n) is 4.15. The van der Waals surface area contributed by atoms with Crippen molar-refractivity contribution in [3.8, 4) is 11.5 Å². The molecule has 31 heavy (non-hydrogen) atoms. The molecule has 0 saturated heterocycles. The summed E-state index contributed by atoms with van der Waals surface area (Å²) in [5.74, 6) is -2.36. The lowest BCUT2D eigenvalue weighted by atomic mass is 9.80. The number of hydrogen-bond donors (Lipinski definition) is 1. The first-order valence-electron chi connectivity index (χ1n) is 9.68. The van der Waals surface area contributed by atoms with Gasteiger partial charge < -0.3 is 14.8 Å². The van der Waals surface area contributed by atoms with Crippen molar-refractivity contribution in [2.45, 2.75) is 32.2 Å². The highest BCUT2D eigenvalue weighted by Crippen LogP contribution is 2.48. The zero-order chi connectivity index (χ0) is 22.7. The molecule has 4 rings (SSSR count). The number of benzene rings is 1. The summed E-state index contributed by atoms with van der Waals surface area (Å²) in [5, 5.41) is 2.76. The van der Waals surface area contributed by atoms with Crippen molar-refractivity contribution < 1.29 is 27.8 Å². The van der Waals surface area contributed by atoms with E-state index in [1.54, 1.807) is 6.92 Å². The number of carbonyl (C=O) groups is 2. The molecule has 2 aliphatic rings. The standard InChI is InChI=1S/C21H22F2N4O4/c1-6-21(2)13-16-10(8-24-18(13)25-19(21)28)9-27(20(29)26(16)3)17-14(22)11(30-4)7-12(31-5)15(17)23/h7-8H,6,9H2,1-5H3,(H,24,25,28). The molecule has 164 valence electrons. The first kappa shape index (κ1) is 20.8. The number of pyridine rings is 1. The van der Waals surface area contributed by atoms with E-state index >= 15 is 8.78 Å². The maximum absolute atomic E-state index is 15.1. The number of hydrogen-bond acceptors (Lipinski definition) is 5. The number of halogens is 2. The second kappa shape index (κ2) is 7.07. The molecule has 1 unspecified atom stereocenters. The molecule has 1 aromatic heterocycles. The van der Waals surface area contributed by atoms with E-state index in [1.165, 1.54) is 32.4 Å². The summed E-state index contributed by atoms with van der Waals surface area (Å²) in [6, 6.07) is 0.422. The van der Waals surface area contributed by atoms with Crippen LogP contribution in [0.25, 0.3) is 0 Å². The van der Waals surface area contributed by atoms with E-state index in [4.69, 9.17) is 9.47 Å². The van der Waals surface area contributed by atoms with E-state index < -0.39 is 28.8 Å². The number of anilines is 3. The van der Waals surface area contributed by atoms with Crippen molar-refractivity contribution in [1.82, 2.24) is 4.98 Å². The molecule has 0 fully saturated rings. The van der Waals surface area contributed by atoms with Crippen molar-refractivity contribution in [2.75, 3.05) is 36.4 Å². The molecule has 1 aromatic carbocycles. The number of nitrogens with zero attached hydrogens (tertiary/aromatic N) is 3. The topological polar surface area (TPSA) is 84.0 Å². The van der Waals surface area contributed by atoms with Gasteiger partial charge in [0.15, 0.2) is 23.1 Å². The third-order valence-corrected chi connectivity index (χ3v) is 6.12. The third-order valence-electron chi connectivity index (χ3n) is 6.12. The van der Waals surface area contributed by atoms with Gasteiger partial charge in [-0.15, -0.1) is 0 Å². The number of carbonyl (C=O) groups excluding carboxylic acids is 2. The second-order valence-corrected chi connectivity index (χ2v) is 7.68. The minimum absolute atomic E-state index is 0.142. The van der Waals surface area contributed by atoms with E-state index in [-0.39, 0.29) is 24.0 Å². The molecule has 3 amide bonds. The van der Waals surface area contributed by atoms with Gasteiger partial charge in [-0.3, -0.25) is 14.6 Å². The minimum Gasteiger partial charge on any atom is -0.493 e. The Morgan fingerprint density at radius 1 is 1.16 bits per heavy atom. The lowest BCUT2D eigenvalue weighted by Gasteiger charge is -2.38. The van der Waals surface area contributed by atoms with E-state index in [0.717, 1.165) is 11.0 Å². The zero-order valence-corrected chi connectivity index (χ0v) is 17.8. The average Bonchev–Trinajstić information content (AvgIpc) is 3.02. The number of methoxy groups -OCH3 is 2. The van der Waals surface area contributed by atoms with Gasteiger partial charge in [0.25, 0.3) is 0 Å². The summed E-state index contributed by atoms with van der Waals surface area (Å²) in [5.41, 5.74) is 0.228. The minimum atomic E-state index is -1.02. The van der Waals surface area contributed by atoms with Crippen molar-refractivity contribution in [2.24, 2.45) is 0 Å². The fourth-order valence-corrected chi connectivity index (χ4v) is 4.15. The molecule has 0 aliphatic carbocycles. The lowest BCUT2D eigenvalue weighted by molar-refractivity contribution is -0.120. The fraction of sp³-hybridized carbons (Fsp3) is 0.381. The first-order valence-corrected chi connectivity index (χ1v) is 9.68. The van der Waals surface area contributed by atoms with E-state index in [9.17, 15) is 9.59 Å². The average molecular weight is 432 g/mol. The van der Waals surface area contributed by atoms with Crippen LogP contribution >= 0.6 is 0 Å². The highest BCUT2D eigenvalue weighted by atomic mass is 19.1. The lowest BCUT2D eigenvalue weighted by Crippen LogP contribution is -2.47. The molecular weight excluding hydrogens is 410 g/mol. The van der Waals surface area contributed by atoms with Crippen LogP contribution < -0.4 is 24.6 Å². The monoisotopic (exact) mass is 432 g/mol. The van der Waals surface area contributed by atoms with Gasteiger partial charge >= 0.3 is 6.03 Å². The Bertz CT molecular complexity index is 1100. The maximum atomic E-state index is 15.1. The Kier molecular flexibility index (Phi) is 4.75. The molecule has 3 heterocycles. The molecular formula is C21H22F2N4O4. The van der Waals surface area contributed by atoms with Gasteiger partial charge in [0.2, 0.25) is 5.91 Å². The summed E-state index contributed by atoms with van der Waals surface area (Å²) in [7, 11) is 3.98. The first-order chi connectivity index (χ1) is 14.7. The predicted molar refractivity (Wildman–Crippen MR) is 110 cm³/mol. The summed E-state index contributed by atoms with van der Waals surface area (Å²) in [4.78, 5) is 32.5. The van der Waals surface area contributed by atoms with Crippen LogP contribution in [-0.4, -0.2) is 38.2 Å². The summed E-state index contributed by atoms with van der Waals surface area (Å²) >= 11 is 0. The summed E-state index contributed by atoms with van der Waals surface area (Å²) < 4.78 is 40.1. The molecule has 0 saturated carbocycles. The van der Waals surface area contributed by atoms with Gasteiger partial charge in [0.1, 0.15) is 11.5 Å². The molecule has 8 nitrogen and oxygen atoms in total. The molecule has 0 radical (unpaired) electrons. The van der Waals surface area contributed by atoms with Gasteiger partial charge in [-0.25, -0.2) is 18.6 Å². The van der Waals surface area contributed by atoms with Crippen LogP contribution in [0.15, 0.2) is 12.3 Å². The van der Waals surface area contributed by atoms with Crippen LogP contribution in [0.3, 0.4) is 0 Å². The SMILES string of the molecule is CCC1(C)C(=O)Nc2ncc3c(c21)N(C)C(=O)N(c1c(F)c(OC)cc(OC)c1F)C3. The van der Waals surface area contributed by atoms with Gasteiger partial charge in [0, 0.05) is 30.4 Å². The second-order valence-electron chi connectivity index (χ2n) is 7.68. The highest BCUT2D eigenvalue weighted by molar-refractivity contribution is 6.12. The van der Waals surface area contributed by atoms with Crippen molar-refractivity contribution in [1.29, 1.82) is 0 Å². The maximum Gasteiger partial charge on any atom is 0.329 e. The Balaban J connectivity index is 1.90. The summed E-state index contributed by atoms with van der Waals surface area (Å²) in [6.07, 6.45) is 1.99. The van der Waals surface area contributed by atoms with Crippen molar-refractivity contribution in [3.63, 3.8) is 0 Å². The molecule has 10 heteroatoms. The van der Waals surface area contributed by atoms with Crippen LogP contribution in [0.4, 0.5) is 30.8 Å². The molecule has 0 spiro atoms. The third kappa shape index (κ3) is 2.74. The van der Waals surface area contributed by atoms with Gasteiger partial charge in [0.05, 0.1) is 31.9 Å². The van der Waals surface area contributed by atoms with Crippen LogP contribution in [0.2, 0.25) is 0 Å². The van der Waals surface area contributed by atoms with Gasteiger partial charge in [-0.2, -0.15) is 0 Å². The molecule has 1 N–H and O–H groups in total. The van der Waals surface area contributed by atoms with Crippen LogP contribution in [-0.2, 0) is 16.8 Å². The Morgan fingerprint density at radius 2 is 1.77 bits per heavy atom. The quantitative estimate of drug-likeness (QED) is 0.799. The van der Waals surface area contributed by atoms with Gasteiger partial charge in [-0.05, 0) is 13.3 Å². The largest absolute Gasteiger partial charge is 0.493 e. The van der Waals surface area contributed by atoms with Gasteiger partial charge in [-0.1, -0.05) is 6.92 Å². The number of amides is 3. The predicted octanol–water partition coefficient (Wildman–Crippen LogP) is 3.57. The molecule has 0 bridgehead atoms. The van der Waals surface area contributed by atoms with E-state index in [2.05, 4.69) is 10.3 Å².